The van der Waals surface area contributed by atoms with Crippen molar-refractivity contribution in [2.75, 3.05) is 18.5 Å². The fourth-order valence-electron chi connectivity index (χ4n) is 3.25. The summed E-state index contributed by atoms with van der Waals surface area (Å²) < 4.78 is 1.57. The van der Waals surface area contributed by atoms with E-state index >= 15 is 0 Å². The van der Waals surface area contributed by atoms with Crippen LogP contribution in [0.15, 0.2) is 65.6 Å². The van der Waals surface area contributed by atoms with Gasteiger partial charge in [0.05, 0.1) is 0 Å². The highest BCUT2D eigenvalue weighted by molar-refractivity contribution is 5.49. The Kier molecular flexibility index (Phi) is 3.18. The molecule has 116 valence electrons. The molecule has 1 aromatic carbocycles. The van der Waals surface area contributed by atoms with Gasteiger partial charge in [0.2, 0.25) is 0 Å². The van der Waals surface area contributed by atoms with Gasteiger partial charge >= 0.3 is 0 Å². The summed E-state index contributed by atoms with van der Waals surface area (Å²) in [6.45, 7) is 0.881. The second kappa shape index (κ2) is 5.23. The number of nitrogens with zero attached hydrogens (tertiary/aromatic N) is 3. The molecular weight excluding hydrogens is 286 g/mol. The SMILES string of the molecule is CN(CC1(c2ccccc2)CC1)c1cc(=O)n2ccccc2n1. The molecule has 3 aromatic rings. The van der Waals surface area contributed by atoms with E-state index in [0.717, 1.165) is 12.4 Å². The Labute approximate surface area is 135 Å². The van der Waals surface area contributed by atoms with Gasteiger partial charge < -0.3 is 4.90 Å². The average Bonchev–Trinajstić information content (AvgIpc) is 3.36. The normalized spacial score (nSPS) is 15.5. The molecule has 0 unspecified atom stereocenters. The Balaban J connectivity index is 1.65. The maximum Gasteiger partial charge on any atom is 0.259 e. The summed E-state index contributed by atoms with van der Waals surface area (Å²) >= 11 is 0. The standard InChI is InChI=1S/C19H19N3O/c1-21(14-19(10-11-19)15-7-3-2-4-8-15)17-13-18(23)22-12-6-5-9-16(22)20-17/h2-9,12-13H,10-11,14H2,1H3. The number of aromatic nitrogens is 2. The molecule has 4 nitrogen and oxygen atoms in total. The fraction of sp³-hybridized carbons (Fsp3) is 0.263. The zero-order valence-electron chi connectivity index (χ0n) is 13.1. The molecule has 0 aliphatic heterocycles. The fourth-order valence-corrected chi connectivity index (χ4v) is 3.25. The van der Waals surface area contributed by atoms with Gasteiger partial charge in [-0.05, 0) is 30.5 Å². The summed E-state index contributed by atoms with van der Waals surface area (Å²) in [5, 5.41) is 0. The zero-order valence-corrected chi connectivity index (χ0v) is 13.1. The number of rotatable bonds is 4. The van der Waals surface area contributed by atoms with Crippen molar-refractivity contribution in [2.24, 2.45) is 0 Å². The molecule has 0 bridgehead atoms. The Morgan fingerprint density at radius 3 is 2.61 bits per heavy atom. The number of hydrogen-bond acceptors (Lipinski definition) is 3. The minimum absolute atomic E-state index is 0.0398. The van der Waals surface area contributed by atoms with Crippen LogP contribution in [0.3, 0.4) is 0 Å². The van der Waals surface area contributed by atoms with E-state index in [4.69, 9.17) is 0 Å². The second-order valence-corrected chi connectivity index (χ2v) is 6.38. The number of likely N-dealkylation sites (N-methyl/N-ethyl adjacent to an activating group) is 1. The van der Waals surface area contributed by atoms with Crippen LogP contribution in [0.5, 0.6) is 0 Å². The molecule has 1 aliphatic carbocycles. The van der Waals surface area contributed by atoms with Gasteiger partial charge in [0.25, 0.3) is 5.56 Å². The lowest BCUT2D eigenvalue weighted by Gasteiger charge is -2.25. The van der Waals surface area contributed by atoms with Gasteiger partial charge in [0, 0.05) is 31.3 Å². The van der Waals surface area contributed by atoms with Crippen molar-refractivity contribution >= 4 is 11.5 Å². The number of pyridine rings is 1. The Hall–Kier alpha value is -2.62. The van der Waals surface area contributed by atoms with Gasteiger partial charge in [-0.1, -0.05) is 36.4 Å². The molecule has 0 spiro atoms. The van der Waals surface area contributed by atoms with E-state index in [0.29, 0.717) is 5.65 Å². The van der Waals surface area contributed by atoms with Crippen molar-refractivity contribution in [3.63, 3.8) is 0 Å². The van der Waals surface area contributed by atoms with Crippen LogP contribution in [0.25, 0.3) is 5.65 Å². The third kappa shape index (κ3) is 2.50. The molecule has 0 atom stereocenters. The summed E-state index contributed by atoms with van der Waals surface area (Å²) in [5.74, 6) is 0.739. The highest BCUT2D eigenvalue weighted by Gasteiger charge is 2.45. The summed E-state index contributed by atoms with van der Waals surface area (Å²) in [6, 6.07) is 17.9. The quantitative estimate of drug-likeness (QED) is 0.744. The van der Waals surface area contributed by atoms with Crippen molar-refractivity contribution in [3.8, 4) is 0 Å². The van der Waals surface area contributed by atoms with Gasteiger partial charge in [0.15, 0.2) is 0 Å². The van der Waals surface area contributed by atoms with E-state index in [2.05, 4.69) is 40.2 Å². The lowest BCUT2D eigenvalue weighted by atomic mass is 9.95. The molecule has 4 heteroatoms. The Morgan fingerprint density at radius 2 is 1.87 bits per heavy atom. The van der Waals surface area contributed by atoms with Crippen LogP contribution in [0.4, 0.5) is 5.82 Å². The molecule has 4 rings (SSSR count). The molecular formula is C19H19N3O. The van der Waals surface area contributed by atoms with Crippen molar-refractivity contribution in [3.05, 3.63) is 76.7 Å². The molecule has 0 N–H and O–H groups in total. The first kappa shape index (κ1) is 14.0. The van der Waals surface area contributed by atoms with Crippen molar-refractivity contribution < 1.29 is 0 Å². The first-order valence-corrected chi connectivity index (χ1v) is 7.93. The molecule has 1 fully saturated rings. The summed E-state index contributed by atoms with van der Waals surface area (Å²) in [7, 11) is 2.02. The topological polar surface area (TPSA) is 37.6 Å². The Morgan fingerprint density at radius 1 is 1.13 bits per heavy atom. The van der Waals surface area contributed by atoms with Crippen molar-refractivity contribution in [1.29, 1.82) is 0 Å². The third-order valence-corrected chi connectivity index (χ3v) is 4.73. The van der Waals surface area contributed by atoms with Gasteiger partial charge in [-0.15, -0.1) is 0 Å². The van der Waals surface area contributed by atoms with E-state index in [9.17, 15) is 4.79 Å². The molecule has 1 aliphatic rings. The lowest BCUT2D eigenvalue weighted by molar-refractivity contribution is 0.668. The lowest BCUT2D eigenvalue weighted by Crippen LogP contribution is -2.31. The Bertz CT molecular complexity index is 897. The average molecular weight is 305 g/mol. The van der Waals surface area contributed by atoms with Crippen molar-refractivity contribution in [1.82, 2.24) is 9.38 Å². The highest BCUT2D eigenvalue weighted by Crippen LogP contribution is 2.48. The minimum atomic E-state index is -0.0398. The predicted molar refractivity (Wildman–Crippen MR) is 92.1 cm³/mol. The van der Waals surface area contributed by atoms with Gasteiger partial charge in [-0.25, -0.2) is 4.98 Å². The molecule has 2 heterocycles. The van der Waals surface area contributed by atoms with Crippen LogP contribution in [0.1, 0.15) is 18.4 Å². The third-order valence-electron chi connectivity index (χ3n) is 4.73. The van der Waals surface area contributed by atoms with E-state index in [-0.39, 0.29) is 11.0 Å². The molecule has 1 saturated carbocycles. The highest BCUT2D eigenvalue weighted by atomic mass is 16.1. The van der Waals surface area contributed by atoms with Crippen LogP contribution < -0.4 is 10.5 Å². The van der Waals surface area contributed by atoms with Crippen LogP contribution >= 0.6 is 0 Å². The van der Waals surface area contributed by atoms with Crippen LogP contribution in [0, 0.1) is 0 Å². The van der Waals surface area contributed by atoms with Gasteiger partial charge in [-0.2, -0.15) is 0 Å². The van der Waals surface area contributed by atoms with E-state index < -0.39 is 0 Å². The molecule has 23 heavy (non-hydrogen) atoms. The second-order valence-electron chi connectivity index (χ2n) is 6.38. The predicted octanol–water partition coefficient (Wildman–Crippen LogP) is 2.86. The minimum Gasteiger partial charge on any atom is -0.359 e. The zero-order chi connectivity index (χ0) is 15.9. The molecule has 0 radical (unpaired) electrons. The first-order chi connectivity index (χ1) is 11.2. The molecule has 0 amide bonds. The smallest absolute Gasteiger partial charge is 0.259 e. The van der Waals surface area contributed by atoms with Crippen LogP contribution in [-0.4, -0.2) is 23.0 Å². The maximum atomic E-state index is 12.3. The van der Waals surface area contributed by atoms with E-state index in [1.54, 1.807) is 16.7 Å². The largest absolute Gasteiger partial charge is 0.359 e. The van der Waals surface area contributed by atoms with Gasteiger partial charge in [0.1, 0.15) is 11.5 Å². The summed E-state index contributed by atoms with van der Waals surface area (Å²) in [4.78, 5) is 19.0. The van der Waals surface area contributed by atoms with Crippen molar-refractivity contribution in [2.45, 2.75) is 18.3 Å². The van der Waals surface area contributed by atoms with Crippen LogP contribution in [0.2, 0.25) is 0 Å². The number of hydrogen-bond donors (Lipinski definition) is 0. The maximum absolute atomic E-state index is 12.3. The van der Waals surface area contributed by atoms with Gasteiger partial charge in [-0.3, -0.25) is 9.20 Å². The molecule has 2 aromatic heterocycles. The molecule has 0 saturated heterocycles. The van der Waals surface area contributed by atoms with Crippen LogP contribution in [-0.2, 0) is 5.41 Å². The van der Waals surface area contributed by atoms with E-state index in [1.807, 2.05) is 25.2 Å². The monoisotopic (exact) mass is 305 g/mol. The number of benzene rings is 1. The first-order valence-electron chi connectivity index (χ1n) is 7.93. The number of anilines is 1. The summed E-state index contributed by atoms with van der Waals surface area (Å²) in [6.07, 6.45) is 4.13. The van der Waals surface area contributed by atoms with E-state index in [1.165, 1.54) is 18.4 Å². The summed E-state index contributed by atoms with van der Waals surface area (Å²) in [5.41, 5.74) is 2.23. The number of fused-ring (bicyclic) bond motifs is 1.